The van der Waals surface area contributed by atoms with E-state index in [1.807, 2.05) is 0 Å². The number of carboxylic acids is 1. The van der Waals surface area contributed by atoms with Gasteiger partial charge in [-0.25, -0.2) is 13.6 Å². The molecule has 0 radical (unpaired) electrons. The lowest BCUT2D eigenvalue weighted by Gasteiger charge is -2.06. The van der Waals surface area contributed by atoms with Crippen LogP contribution in [0.5, 0.6) is 0 Å². The van der Waals surface area contributed by atoms with E-state index in [-0.39, 0.29) is 5.56 Å². The van der Waals surface area contributed by atoms with Crippen LogP contribution >= 0.6 is 0 Å². The summed E-state index contributed by atoms with van der Waals surface area (Å²) in [5.41, 5.74) is -0.115. The van der Waals surface area contributed by atoms with Gasteiger partial charge in [0.05, 0.1) is 5.56 Å². The molecule has 86 valence electrons. The predicted molar refractivity (Wildman–Crippen MR) is 58.8 cm³/mol. The van der Waals surface area contributed by atoms with E-state index in [0.29, 0.717) is 5.56 Å². The zero-order chi connectivity index (χ0) is 12.4. The molecule has 0 unspecified atom stereocenters. The van der Waals surface area contributed by atoms with Crippen molar-refractivity contribution in [2.45, 2.75) is 0 Å². The number of halogens is 2. The fourth-order valence-corrected chi connectivity index (χ4v) is 1.56. The van der Waals surface area contributed by atoms with Crippen molar-refractivity contribution in [1.29, 1.82) is 0 Å². The third kappa shape index (κ3) is 2.01. The van der Waals surface area contributed by atoms with Gasteiger partial charge in [0.25, 0.3) is 0 Å². The van der Waals surface area contributed by atoms with E-state index >= 15 is 0 Å². The number of benzene rings is 2. The number of hydrogen-bond acceptors (Lipinski definition) is 1. The number of carboxylic acid groups (broad SMARTS) is 1. The second-order valence-electron chi connectivity index (χ2n) is 3.46. The summed E-state index contributed by atoms with van der Waals surface area (Å²) >= 11 is 0. The second kappa shape index (κ2) is 4.33. The maximum Gasteiger partial charge on any atom is 0.338 e. The van der Waals surface area contributed by atoms with Crippen molar-refractivity contribution in [3.8, 4) is 11.1 Å². The van der Waals surface area contributed by atoms with Crippen LogP contribution in [0.15, 0.2) is 42.5 Å². The van der Waals surface area contributed by atoms with E-state index in [1.165, 1.54) is 6.07 Å². The van der Waals surface area contributed by atoms with Crippen LogP contribution in [0.1, 0.15) is 10.4 Å². The van der Waals surface area contributed by atoms with Crippen molar-refractivity contribution in [2.75, 3.05) is 0 Å². The Hall–Kier alpha value is -2.23. The predicted octanol–water partition coefficient (Wildman–Crippen LogP) is 3.33. The summed E-state index contributed by atoms with van der Waals surface area (Å²) in [6.45, 7) is 0. The van der Waals surface area contributed by atoms with Crippen LogP contribution in [-0.4, -0.2) is 11.1 Å². The number of hydrogen-bond donors (Lipinski definition) is 1. The fourth-order valence-electron chi connectivity index (χ4n) is 1.56. The Bertz CT molecular complexity index is 565. The van der Waals surface area contributed by atoms with Gasteiger partial charge in [-0.1, -0.05) is 36.4 Å². The Morgan fingerprint density at radius 1 is 0.941 bits per heavy atom. The molecule has 2 aromatic rings. The first-order valence-corrected chi connectivity index (χ1v) is 4.88. The zero-order valence-electron chi connectivity index (χ0n) is 8.65. The van der Waals surface area contributed by atoms with Gasteiger partial charge in [-0.3, -0.25) is 0 Å². The van der Waals surface area contributed by atoms with Crippen molar-refractivity contribution in [3.63, 3.8) is 0 Å². The first-order chi connectivity index (χ1) is 8.11. The normalized spacial score (nSPS) is 10.2. The molecule has 17 heavy (non-hydrogen) atoms. The Morgan fingerprint density at radius 3 is 2.18 bits per heavy atom. The van der Waals surface area contributed by atoms with Crippen LogP contribution in [0, 0.1) is 11.6 Å². The molecular formula is C13H8F2O2. The molecule has 0 bridgehead atoms. The second-order valence-corrected chi connectivity index (χ2v) is 3.46. The molecule has 0 saturated carbocycles. The van der Waals surface area contributed by atoms with Crippen molar-refractivity contribution in [2.24, 2.45) is 0 Å². The minimum absolute atomic E-state index is 0.0492. The van der Waals surface area contributed by atoms with E-state index in [9.17, 15) is 13.6 Å². The summed E-state index contributed by atoms with van der Waals surface area (Å²) in [6.07, 6.45) is 0. The van der Waals surface area contributed by atoms with Crippen molar-refractivity contribution < 1.29 is 18.7 Å². The molecule has 2 aromatic carbocycles. The molecule has 2 rings (SSSR count). The summed E-state index contributed by atoms with van der Waals surface area (Å²) in [6, 6.07) is 10.7. The Balaban J connectivity index is 2.60. The standard InChI is InChI=1S/C13H8F2O2/c14-11-9(8-4-2-1-3-5-8)6-7-10(12(11)15)13(16)17/h1-7H,(H,16,17). The summed E-state index contributed by atoms with van der Waals surface area (Å²) < 4.78 is 27.1. The SMILES string of the molecule is O=C(O)c1ccc(-c2ccccc2)c(F)c1F. The first kappa shape index (κ1) is 11.3. The molecule has 0 saturated heterocycles. The van der Waals surface area contributed by atoms with Crippen molar-refractivity contribution in [1.82, 2.24) is 0 Å². The third-order valence-corrected chi connectivity index (χ3v) is 2.40. The van der Waals surface area contributed by atoms with Gasteiger partial charge in [0, 0.05) is 5.56 Å². The molecule has 0 atom stereocenters. The fraction of sp³-hybridized carbons (Fsp3) is 0. The summed E-state index contributed by atoms with van der Waals surface area (Å²) in [4.78, 5) is 10.6. The molecular weight excluding hydrogens is 226 g/mol. The van der Waals surface area contributed by atoms with Crippen molar-refractivity contribution in [3.05, 3.63) is 59.7 Å². The smallest absolute Gasteiger partial charge is 0.338 e. The molecule has 0 aromatic heterocycles. The number of carbonyl (C=O) groups is 1. The summed E-state index contributed by atoms with van der Waals surface area (Å²) in [5, 5.41) is 8.64. The monoisotopic (exact) mass is 234 g/mol. The largest absolute Gasteiger partial charge is 0.478 e. The van der Waals surface area contributed by atoms with Crippen LogP contribution in [0.2, 0.25) is 0 Å². The molecule has 0 aliphatic rings. The third-order valence-electron chi connectivity index (χ3n) is 2.40. The molecule has 0 heterocycles. The minimum atomic E-state index is -1.49. The van der Waals surface area contributed by atoms with Crippen LogP contribution in [0.25, 0.3) is 11.1 Å². The average molecular weight is 234 g/mol. The number of rotatable bonds is 2. The quantitative estimate of drug-likeness (QED) is 0.865. The molecule has 2 nitrogen and oxygen atoms in total. The molecule has 0 aliphatic carbocycles. The summed E-state index contributed by atoms with van der Waals surface area (Å²) in [7, 11) is 0. The van der Waals surface area contributed by atoms with Crippen LogP contribution in [-0.2, 0) is 0 Å². The Morgan fingerprint density at radius 2 is 1.59 bits per heavy atom. The highest BCUT2D eigenvalue weighted by molar-refractivity contribution is 5.88. The van der Waals surface area contributed by atoms with E-state index < -0.39 is 23.2 Å². The topological polar surface area (TPSA) is 37.3 Å². The maximum atomic E-state index is 13.7. The van der Waals surface area contributed by atoms with Crippen LogP contribution in [0.3, 0.4) is 0 Å². The van der Waals surface area contributed by atoms with Gasteiger partial charge >= 0.3 is 5.97 Å². The van der Waals surface area contributed by atoms with E-state index in [0.717, 1.165) is 6.07 Å². The molecule has 0 amide bonds. The highest BCUT2D eigenvalue weighted by Crippen LogP contribution is 2.26. The van der Waals surface area contributed by atoms with E-state index in [2.05, 4.69) is 0 Å². The zero-order valence-corrected chi connectivity index (χ0v) is 8.65. The van der Waals surface area contributed by atoms with Crippen molar-refractivity contribution >= 4 is 5.97 Å². The van der Waals surface area contributed by atoms with Crippen LogP contribution in [0.4, 0.5) is 8.78 Å². The van der Waals surface area contributed by atoms with Gasteiger partial charge in [-0.05, 0) is 11.6 Å². The van der Waals surface area contributed by atoms with Gasteiger partial charge in [0.15, 0.2) is 11.6 Å². The van der Waals surface area contributed by atoms with Gasteiger partial charge in [-0.15, -0.1) is 0 Å². The lowest BCUT2D eigenvalue weighted by Crippen LogP contribution is -2.03. The minimum Gasteiger partial charge on any atom is -0.478 e. The van der Waals surface area contributed by atoms with Crippen LogP contribution < -0.4 is 0 Å². The van der Waals surface area contributed by atoms with E-state index in [4.69, 9.17) is 5.11 Å². The van der Waals surface area contributed by atoms with Gasteiger partial charge in [0.2, 0.25) is 0 Å². The van der Waals surface area contributed by atoms with Gasteiger partial charge in [0.1, 0.15) is 0 Å². The van der Waals surface area contributed by atoms with Gasteiger partial charge in [-0.2, -0.15) is 0 Å². The molecule has 1 N–H and O–H groups in total. The lowest BCUT2D eigenvalue weighted by molar-refractivity contribution is 0.0690. The van der Waals surface area contributed by atoms with E-state index in [1.54, 1.807) is 30.3 Å². The lowest BCUT2D eigenvalue weighted by atomic mass is 10.0. The van der Waals surface area contributed by atoms with Gasteiger partial charge < -0.3 is 5.11 Å². The molecule has 4 heteroatoms. The highest BCUT2D eigenvalue weighted by atomic mass is 19.2. The molecule has 0 fully saturated rings. The summed E-state index contributed by atoms with van der Waals surface area (Å²) in [5.74, 6) is -3.96. The Labute approximate surface area is 96.1 Å². The first-order valence-electron chi connectivity index (χ1n) is 4.88. The maximum absolute atomic E-state index is 13.7. The number of aromatic carboxylic acids is 1. The highest BCUT2D eigenvalue weighted by Gasteiger charge is 2.18. The Kier molecular flexibility index (Phi) is 2.87. The molecule has 0 spiro atoms. The average Bonchev–Trinajstić information content (AvgIpc) is 2.33. The molecule has 0 aliphatic heterocycles.